The van der Waals surface area contributed by atoms with E-state index in [9.17, 15) is 9.90 Å². The van der Waals surface area contributed by atoms with Crippen LogP contribution in [0.4, 0.5) is 0 Å². The molecule has 3 rings (SSSR count). The van der Waals surface area contributed by atoms with Crippen molar-refractivity contribution in [3.63, 3.8) is 0 Å². The zero-order valence-corrected chi connectivity index (χ0v) is 12.8. The molecule has 0 saturated carbocycles. The summed E-state index contributed by atoms with van der Waals surface area (Å²) in [5.41, 5.74) is 2.76. The molecule has 0 aliphatic heterocycles. The Hall–Kier alpha value is -2.13. The molecule has 0 radical (unpaired) electrons. The van der Waals surface area contributed by atoms with Gasteiger partial charge in [-0.15, -0.1) is 0 Å². The van der Waals surface area contributed by atoms with Crippen molar-refractivity contribution in [2.24, 2.45) is 0 Å². The fourth-order valence-corrected chi connectivity index (χ4v) is 3.33. The molecular weight excluding hydrogens is 274 g/mol. The van der Waals surface area contributed by atoms with Gasteiger partial charge in [0.15, 0.2) is 0 Å². The minimum Gasteiger partial charge on any atom is -0.480 e. The van der Waals surface area contributed by atoms with Crippen LogP contribution in [0.2, 0.25) is 0 Å². The third-order valence-electron chi connectivity index (χ3n) is 4.79. The largest absolute Gasteiger partial charge is 0.480 e. The summed E-state index contributed by atoms with van der Waals surface area (Å²) < 4.78 is 0. The van der Waals surface area contributed by atoms with Gasteiger partial charge in [0.2, 0.25) is 0 Å². The molecule has 0 fully saturated rings. The summed E-state index contributed by atoms with van der Waals surface area (Å²) in [6.07, 6.45) is 2.04. The van der Waals surface area contributed by atoms with Crippen molar-refractivity contribution >= 4 is 5.97 Å². The van der Waals surface area contributed by atoms with Crippen LogP contribution in [0.1, 0.15) is 16.7 Å². The molecule has 2 aromatic rings. The Bertz CT molecular complexity index is 641. The highest BCUT2D eigenvalue weighted by Crippen LogP contribution is 2.34. The topological polar surface area (TPSA) is 40.5 Å². The van der Waals surface area contributed by atoms with E-state index >= 15 is 0 Å². The van der Waals surface area contributed by atoms with Gasteiger partial charge >= 0.3 is 5.97 Å². The summed E-state index contributed by atoms with van der Waals surface area (Å²) in [5, 5.41) is 9.86. The molecule has 2 aromatic carbocycles. The molecule has 0 aromatic heterocycles. The lowest BCUT2D eigenvalue weighted by atomic mass is 9.93. The highest BCUT2D eigenvalue weighted by Gasteiger charge is 2.46. The van der Waals surface area contributed by atoms with Crippen LogP contribution in [-0.4, -0.2) is 35.1 Å². The van der Waals surface area contributed by atoms with E-state index < -0.39 is 11.5 Å². The summed E-state index contributed by atoms with van der Waals surface area (Å²) in [7, 11) is 1.93. The first-order valence-corrected chi connectivity index (χ1v) is 7.67. The molecule has 22 heavy (non-hydrogen) atoms. The number of likely N-dealkylation sites (N-methyl/N-ethyl adjacent to an activating group) is 1. The lowest BCUT2D eigenvalue weighted by molar-refractivity contribution is -0.150. The number of hydrogen-bond donors (Lipinski definition) is 1. The van der Waals surface area contributed by atoms with Crippen LogP contribution in [0.25, 0.3) is 0 Å². The van der Waals surface area contributed by atoms with Gasteiger partial charge in [0.25, 0.3) is 0 Å². The van der Waals surface area contributed by atoms with Gasteiger partial charge in [-0.2, -0.15) is 0 Å². The van der Waals surface area contributed by atoms with E-state index in [-0.39, 0.29) is 0 Å². The first kappa shape index (κ1) is 14.8. The van der Waals surface area contributed by atoms with Gasteiger partial charge in [-0.1, -0.05) is 54.6 Å². The lowest BCUT2D eigenvalue weighted by Gasteiger charge is -2.35. The summed E-state index contributed by atoms with van der Waals surface area (Å²) >= 11 is 0. The van der Waals surface area contributed by atoms with E-state index in [0.29, 0.717) is 12.8 Å². The van der Waals surface area contributed by atoms with Crippen molar-refractivity contribution in [2.45, 2.75) is 24.8 Å². The molecule has 1 N–H and O–H groups in total. The standard InChI is InChI=1S/C19H21NO2/c1-20(12-11-15-7-3-2-4-8-15)19(18(21)22)13-16-9-5-6-10-17(16)14-19/h2-10H,11-14H2,1H3,(H,21,22). The summed E-state index contributed by atoms with van der Waals surface area (Å²) in [6, 6.07) is 18.3. The maximum atomic E-state index is 12.0. The van der Waals surface area contributed by atoms with Crippen molar-refractivity contribution in [3.8, 4) is 0 Å². The number of carbonyl (C=O) groups is 1. The van der Waals surface area contributed by atoms with Gasteiger partial charge in [-0.3, -0.25) is 9.69 Å². The zero-order valence-electron chi connectivity index (χ0n) is 12.8. The highest BCUT2D eigenvalue weighted by atomic mass is 16.4. The Labute approximate surface area is 131 Å². The Kier molecular flexibility index (Phi) is 3.99. The lowest BCUT2D eigenvalue weighted by Crippen LogP contribution is -2.54. The second-order valence-corrected chi connectivity index (χ2v) is 6.12. The molecule has 0 unspecified atom stereocenters. The molecular formula is C19H21NO2. The third-order valence-corrected chi connectivity index (χ3v) is 4.79. The molecule has 1 aliphatic rings. The van der Waals surface area contributed by atoms with E-state index in [1.807, 2.05) is 54.4 Å². The predicted octanol–water partition coefficient (Wildman–Crippen LogP) is 2.78. The van der Waals surface area contributed by atoms with E-state index in [4.69, 9.17) is 0 Å². The van der Waals surface area contributed by atoms with Crippen LogP contribution in [0.15, 0.2) is 54.6 Å². The van der Waals surface area contributed by atoms with Gasteiger partial charge < -0.3 is 5.11 Å². The summed E-state index contributed by atoms with van der Waals surface area (Å²) in [6.45, 7) is 0.740. The summed E-state index contributed by atoms with van der Waals surface area (Å²) in [4.78, 5) is 14.0. The number of carboxylic acid groups (broad SMARTS) is 1. The maximum absolute atomic E-state index is 12.0. The van der Waals surface area contributed by atoms with Crippen LogP contribution in [0, 0.1) is 0 Å². The van der Waals surface area contributed by atoms with Crippen LogP contribution in [0.5, 0.6) is 0 Å². The van der Waals surface area contributed by atoms with Crippen LogP contribution in [0.3, 0.4) is 0 Å². The van der Waals surface area contributed by atoms with E-state index in [1.54, 1.807) is 0 Å². The number of fused-ring (bicyclic) bond motifs is 1. The molecule has 0 amide bonds. The maximum Gasteiger partial charge on any atom is 0.324 e. The van der Waals surface area contributed by atoms with Gasteiger partial charge in [0.1, 0.15) is 5.54 Å². The molecule has 1 aliphatic carbocycles. The van der Waals surface area contributed by atoms with Gasteiger partial charge in [0.05, 0.1) is 0 Å². The number of aliphatic carboxylic acids is 1. The first-order chi connectivity index (χ1) is 10.6. The molecule has 114 valence electrons. The zero-order chi connectivity index (χ0) is 15.6. The highest BCUT2D eigenvalue weighted by molar-refractivity contribution is 5.81. The van der Waals surface area contributed by atoms with Crippen molar-refractivity contribution in [2.75, 3.05) is 13.6 Å². The number of nitrogens with zero attached hydrogens (tertiary/aromatic N) is 1. The Morgan fingerprint density at radius 1 is 1.05 bits per heavy atom. The quantitative estimate of drug-likeness (QED) is 0.922. The average Bonchev–Trinajstić information content (AvgIpc) is 2.94. The minimum atomic E-state index is -0.807. The molecule has 0 spiro atoms. The second kappa shape index (κ2) is 5.93. The molecule has 0 bridgehead atoms. The van der Waals surface area contributed by atoms with E-state index in [0.717, 1.165) is 24.1 Å². The van der Waals surface area contributed by atoms with Crippen molar-refractivity contribution in [1.82, 2.24) is 4.90 Å². The van der Waals surface area contributed by atoms with Crippen molar-refractivity contribution in [3.05, 3.63) is 71.3 Å². The molecule has 0 heterocycles. The van der Waals surface area contributed by atoms with Crippen LogP contribution >= 0.6 is 0 Å². The smallest absolute Gasteiger partial charge is 0.324 e. The Morgan fingerprint density at radius 2 is 1.59 bits per heavy atom. The third kappa shape index (κ3) is 2.64. The number of hydrogen-bond acceptors (Lipinski definition) is 2. The Morgan fingerprint density at radius 3 is 2.14 bits per heavy atom. The van der Waals surface area contributed by atoms with Crippen molar-refractivity contribution < 1.29 is 9.90 Å². The second-order valence-electron chi connectivity index (χ2n) is 6.12. The molecule has 0 saturated heterocycles. The van der Waals surface area contributed by atoms with E-state index in [1.165, 1.54) is 5.56 Å². The minimum absolute atomic E-state index is 0.587. The van der Waals surface area contributed by atoms with Gasteiger partial charge in [-0.05, 0) is 30.2 Å². The monoisotopic (exact) mass is 295 g/mol. The number of rotatable bonds is 5. The predicted molar refractivity (Wildman–Crippen MR) is 87.0 cm³/mol. The van der Waals surface area contributed by atoms with Crippen LogP contribution < -0.4 is 0 Å². The van der Waals surface area contributed by atoms with Crippen LogP contribution in [-0.2, 0) is 24.1 Å². The van der Waals surface area contributed by atoms with Gasteiger partial charge in [-0.25, -0.2) is 0 Å². The molecule has 0 atom stereocenters. The SMILES string of the molecule is CN(CCc1ccccc1)C1(C(=O)O)Cc2ccccc2C1. The Balaban J connectivity index is 1.76. The fraction of sp³-hybridized carbons (Fsp3) is 0.316. The first-order valence-electron chi connectivity index (χ1n) is 7.67. The van der Waals surface area contributed by atoms with E-state index in [2.05, 4.69) is 12.1 Å². The number of benzene rings is 2. The fourth-order valence-electron chi connectivity index (χ4n) is 3.33. The summed E-state index contributed by atoms with van der Waals surface area (Å²) in [5.74, 6) is -0.723. The molecule has 3 nitrogen and oxygen atoms in total. The van der Waals surface area contributed by atoms with Gasteiger partial charge in [0, 0.05) is 19.4 Å². The van der Waals surface area contributed by atoms with Crippen molar-refractivity contribution in [1.29, 1.82) is 0 Å². The normalized spacial score (nSPS) is 15.7. The number of carboxylic acids is 1. The molecule has 3 heteroatoms. The average molecular weight is 295 g/mol.